The third-order valence-electron chi connectivity index (χ3n) is 2.82. The van der Waals surface area contributed by atoms with Crippen LogP contribution in [0.3, 0.4) is 0 Å². The van der Waals surface area contributed by atoms with Gasteiger partial charge in [-0.1, -0.05) is 24.4 Å². The number of aromatic nitrogens is 2. The van der Waals surface area contributed by atoms with Crippen LogP contribution in [0.2, 0.25) is 0 Å². The highest BCUT2D eigenvalue weighted by molar-refractivity contribution is 7.71. The van der Waals surface area contributed by atoms with Crippen molar-refractivity contribution in [1.82, 2.24) is 9.97 Å². The molecular weight excluding hydrogens is 256 g/mol. The van der Waals surface area contributed by atoms with Crippen LogP contribution in [-0.2, 0) is 0 Å². The first kappa shape index (κ1) is 13.7. The molecule has 0 unspecified atom stereocenters. The standard InChI is InChI=1S/C15H18N2OS/c1-9(2)18-13-7-5-6-12(8-13)14-15(19)17-11(4)10(3)16-14/h5-9H,1-4H3,(H,17,19). The number of rotatable bonds is 3. The van der Waals surface area contributed by atoms with Crippen LogP contribution in [0.25, 0.3) is 11.3 Å². The van der Waals surface area contributed by atoms with Gasteiger partial charge < -0.3 is 9.72 Å². The fourth-order valence-corrected chi connectivity index (χ4v) is 2.12. The molecule has 1 heterocycles. The molecule has 1 aromatic carbocycles. The largest absolute Gasteiger partial charge is 0.491 e. The number of H-pyrrole nitrogens is 1. The summed E-state index contributed by atoms with van der Waals surface area (Å²) in [5.74, 6) is 0.835. The average molecular weight is 274 g/mol. The topological polar surface area (TPSA) is 37.9 Å². The Hall–Kier alpha value is -1.68. The van der Waals surface area contributed by atoms with Crippen LogP contribution in [0.5, 0.6) is 5.75 Å². The van der Waals surface area contributed by atoms with Gasteiger partial charge in [0.15, 0.2) is 0 Å². The lowest BCUT2D eigenvalue weighted by atomic mass is 10.1. The Labute approximate surface area is 118 Å². The SMILES string of the molecule is Cc1nc(-c2cccc(OC(C)C)c2)c(=S)[nH]c1C. The third-order valence-corrected chi connectivity index (χ3v) is 3.11. The molecule has 0 amide bonds. The second-order valence-electron chi connectivity index (χ2n) is 4.82. The summed E-state index contributed by atoms with van der Waals surface area (Å²) in [5, 5.41) is 0. The molecule has 4 heteroatoms. The van der Waals surface area contributed by atoms with Crippen molar-refractivity contribution >= 4 is 12.2 Å². The van der Waals surface area contributed by atoms with Crippen molar-refractivity contribution in [2.24, 2.45) is 0 Å². The second-order valence-corrected chi connectivity index (χ2v) is 5.23. The van der Waals surface area contributed by atoms with E-state index < -0.39 is 0 Å². The van der Waals surface area contributed by atoms with Crippen LogP contribution in [-0.4, -0.2) is 16.1 Å². The lowest BCUT2D eigenvalue weighted by molar-refractivity contribution is 0.242. The first-order valence-electron chi connectivity index (χ1n) is 6.32. The van der Waals surface area contributed by atoms with Crippen LogP contribution in [0.15, 0.2) is 24.3 Å². The number of hydrogen-bond acceptors (Lipinski definition) is 3. The number of nitrogens with one attached hydrogen (secondary N) is 1. The van der Waals surface area contributed by atoms with Gasteiger partial charge in [-0.3, -0.25) is 0 Å². The van der Waals surface area contributed by atoms with E-state index in [-0.39, 0.29) is 6.10 Å². The van der Waals surface area contributed by atoms with Crippen molar-refractivity contribution in [1.29, 1.82) is 0 Å². The molecule has 0 spiro atoms. The van der Waals surface area contributed by atoms with Gasteiger partial charge in [0, 0.05) is 11.3 Å². The zero-order chi connectivity index (χ0) is 14.0. The van der Waals surface area contributed by atoms with Crippen molar-refractivity contribution in [3.8, 4) is 17.0 Å². The molecular formula is C15H18N2OS. The van der Waals surface area contributed by atoms with E-state index in [1.54, 1.807) is 0 Å². The molecule has 2 aromatic rings. The first-order chi connectivity index (χ1) is 8.97. The van der Waals surface area contributed by atoms with Gasteiger partial charge >= 0.3 is 0 Å². The van der Waals surface area contributed by atoms with Crippen molar-refractivity contribution < 1.29 is 4.74 Å². The number of ether oxygens (including phenoxy) is 1. The minimum absolute atomic E-state index is 0.150. The van der Waals surface area contributed by atoms with Crippen LogP contribution < -0.4 is 4.74 Å². The van der Waals surface area contributed by atoms with Crippen LogP contribution >= 0.6 is 12.2 Å². The highest BCUT2D eigenvalue weighted by Gasteiger charge is 2.07. The van der Waals surface area contributed by atoms with Gasteiger partial charge in [0.25, 0.3) is 0 Å². The number of benzene rings is 1. The van der Waals surface area contributed by atoms with Gasteiger partial charge in [-0.25, -0.2) is 4.98 Å². The fourth-order valence-electron chi connectivity index (χ4n) is 1.81. The summed E-state index contributed by atoms with van der Waals surface area (Å²) in [6.07, 6.45) is 0.150. The van der Waals surface area contributed by atoms with E-state index in [9.17, 15) is 0 Å². The average Bonchev–Trinajstić information content (AvgIpc) is 2.33. The number of aromatic amines is 1. The van der Waals surface area contributed by atoms with Gasteiger partial charge in [-0.15, -0.1) is 0 Å². The fraction of sp³-hybridized carbons (Fsp3) is 0.333. The predicted octanol–water partition coefficient (Wildman–Crippen LogP) is 4.21. The van der Waals surface area contributed by atoms with E-state index in [1.165, 1.54) is 0 Å². The van der Waals surface area contributed by atoms with E-state index in [1.807, 2.05) is 52.0 Å². The summed E-state index contributed by atoms with van der Waals surface area (Å²) in [6.45, 7) is 7.96. The molecule has 0 radical (unpaired) electrons. The summed E-state index contributed by atoms with van der Waals surface area (Å²) in [5.41, 5.74) is 3.73. The Morgan fingerprint density at radius 2 is 2.00 bits per heavy atom. The number of hydrogen-bond donors (Lipinski definition) is 1. The molecule has 19 heavy (non-hydrogen) atoms. The maximum absolute atomic E-state index is 5.70. The molecule has 0 aliphatic heterocycles. The highest BCUT2D eigenvalue weighted by atomic mass is 32.1. The minimum Gasteiger partial charge on any atom is -0.491 e. The number of aryl methyl sites for hydroxylation is 2. The van der Waals surface area contributed by atoms with Gasteiger partial charge in [0.2, 0.25) is 0 Å². The van der Waals surface area contributed by atoms with E-state index in [0.29, 0.717) is 4.64 Å². The van der Waals surface area contributed by atoms with E-state index in [0.717, 1.165) is 28.4 Å². The third kappa shape index (κ3) is 3.20. The zero-order valence-electron chi connectivity index (χ0n) is 11.7. The molecule has 0 fully saturated rings. The summed E-state index contributed by atoms with van der Waals surface area (Å²) in [4.78, 5) is 7.75. The maximum atomic E-state index is 5.70. The highest BCUT2D eigenvalue weighted by Crippen LogP contribution is 2.24. The zero-order valence-corrected chi connectivity index (χ0v) is 12.5. The van der Waals surface area contributed by atoms with Crippen molar-refractivity contribution in [3.63, 3.8) is 0 Å². The van der Waals surface area contributed by atoms with E-state index >= 15 is 0 Å². The molecule has 0 bridgehead atoms. The Kier molecular flexibility index (Phi) is 4.00. The van der Waals surface area contributed by atoms with Crippen molar-refractivity contribution in [3.05, 3.63) is 40.3 Å². The molecule has 0 saturated carbocycles. The summed E-state index contributed by atoms with van der Waals surface area (Å²) >= 11 is 5.35. The lowest BCUT2D eigenvalue weighted by Gasteiger charge is -2.11. The Bertz CT molecular complexity index is 647. The molecule has 2 rings (SSSR count). The summed E-state index contributed by atoms with van der Waals surface area (Å²) in [6, 6.07) is 7.87. The molecule has 3 nitrogen and oxygen atoms in total. The van der Waals surface area contributed by atoms with Crippen LogP contribution in [0.4, 0.5) is 0 Å². The van der Waals surface area contributed by atoms with Crippen LogP contribution in [0.1, 0.15) is 25.2 Å². The summed E-state index contributed by atoms with van der Waals surface area (Å²) < 4.78 is 6.36. The van der Waals surface area contributed by atoms with Gasteiger partial charge in [0.05, 0.1) is 11.8 Å². The Morgan fingerprint density at radius 1 is 1.26 bits per heavy atom. The lowest BCUT2D eigenvalue weighted by Crippen LogP contribution is -2.05. The quantitative estimate of drug-likeness (QED) is 0.852. The minimum atomic E-state index is 0.150. The maximum Gasteiger partial charge on any atom is 0.130 e. The molecule has 0 aliphatic carbocycles. The predicted molar refractivity (Wildman–Crippen MR) is 80.1 cm³/mol. The molecule has 0 atom stereocenters. The molecule has 0 saturated heterocycles. The first-order valence-corrected chi connectivity index (χ1v) is 6.73. The Morgan fingerprint density at radius 3 is 2.68 bits per heavy atom. The van der Waals surface area contributed by atoms with Gasteiger partial charge in [0.1, 0.15) is 16.1 Å². The molecule has 100 valence electrons. The molecule has 0 aliphatic rings. The molecule has 1 N–H and O–H groups in total. The van der Waals surface area contributed by atoms with E-state index in [2.05, 4.69) is 9.97 Å². The van der Waals surface area contributed by atoms with Crippen molar-refractivity contribution in [2.45, 2.75) is 33.8 Å². The van der Waals surface area contributed by atoms with Crippen molar-refractivity contribution in [2.75, 3.05) is 0 Å². The second kappa shape index (κ2) is 5.53. The summed E-state index contributed by atoms with van der Waals surface area (Å²) in [7, 11) is 0. The van der Waals surface area contributed by atoms with Gasteiger partial charge in [-0.2, -0.15) is 0 Å². The van der Waals surface area contributed by atoms with E-state index in [4.69, 9.17) is 17.0 Å². The normalized spacial score (nSPS) is 10.8. The monoisotopic (exact) mass is 274 g/mol. The van der Waals surface area contributed by atoms with Crippen LogP contribution in [0, 0.1) is 18.5 Å². The smallest absolute Gasteiger partial charge is 0.130 e. The Balaban J connectivity index is 2.47. The number of nitrogens with zero attached hydrogens (tertiary/aromatic N) is 1. The van der Waals surface area contributed by atoms with Gasteiger partial charge in [-0.05, 0) is 39.8 Å². The molecule has 1 aromatic heterocycles.